The maximum absolute atomic E-state index is 5.75. The summed E-state index contributed by atoms with van der Waals surface area (Å²) in [4.78, 5) is 7.97. The molecule has 90 valence electrons. The number of ether oxygens (including phenoxy) is 1. The molecule has 0 N–H and O–H groups in total. The van der Waals surface area contributed by atoms with Crippen molar-refractivity contribution in [2.75, 3.05) is 0 Å². The molecule has 0 aliphatic carbocycles. The van der Waals surface area contributed by atoms with Crippen LogP contribution in [0.4, 0.5) is 0 Å². The van der Waals surface area contributed by atoms with E-state index >= 15 is 0 Å². The lowest BCUT2D eigenvalue weighted by Crippen LogP contribution is -1.97. The van der Waals surface area contributed by atoms with Crippen LogP contribution in [0.3, 0.4) is 0 Å². The minimum Gasteiger partial charge on any atom is -0.472 e. The zero-order valence-corrected chi connectivity index (χ0v) is 10.9. The van der Waals surface area contributed by atoms with Gasteiger partial charge >= 0.3 is 0 Å². The van der Waals surface area contributed by atoms with Gasteiger partial charge in [0.2, 0.25) is 5.88 Å². The fraction of sp³-hybridized carbons (Fsp3) is 0.0769. The molecule has 0 saturated carbocycles. The molecule has 0 unspecified atom stereocenters. The number of aromatic nitrogens is 2. The highest BCUT2D eigenvalue weighted by Gasteiger charge is 2.05. The first kappa shape index (κ1) is 11.4. The molecule has 2 aromatic heterocycles. The van der Waals surface area contributed by atoms with E-state index < -0.39 is 0 Å². The first-order chi connectivity index (χ1) is 8.83. The zero-order valence-electron chi connectivity index (χ0n) is 9.34. The van der Waals surface area contributed by atoms with Crippen LogP contribution >= 0.6 is 22.9 Å². The third-order valence-corrected chi connectivity index (χ3v) is 3.71. The predicted molar refractivity (Wildman–Crippen MR) is 73.2 cm³/mol. The topological polar surface area (TPSA) is 35.0 Å². The number of rotatable bonds is 3. The molecule has 0 aliphatic rings. The highest BCUT2D eigenvalue weighted by molar-refractivity contribution is 7.17. The minimum atomic E-state index is 0.336. The molecule has 3 rings (SSSR count). The van der Waals surface area contributed by atoms with Gasteiger partial charge in [-0.15, -0.1) is 11.3 Å². The van der Waals surface area contributed by atoms with E-state index in [-0.39, 0.29) is 0 Å². The fourth-order valence-electron chi connectivity index (χ4n) is 1.69. The van der Waals surface area contributed by atoms with Gasteiger partial charge < -0.3 is 4.74 Å². The SMILES string of the molecule is Clc1cncc(OCc2csc3ccccc23)n1. The molecule has 0 amide bonds. The highest BCUT2D eigenvalue weighted by atomic mass is 35.5. The van der Waals surface area contributed by atoms with Crippen molar-refractivity contribution in [2.24, 2.45) is 0 Å². The number of halogens is 1. The molecule has 0 bridgehead atoms. The second-order valence-electron chi connectivity index (χ2n) is 3.73. The number of hydrogen-bond donors (Lipinski definition) is 0. The van der Waals surface area contributed by atoms with Crippen LogP contribution in [0.1, 0.15) is 5.56 Å². The quantitative estimate of drug-likeness (QED) is 0.727. The fourth-order valence-corrected chi connectivity index (χ4v) is 2.78. The Morgan fingerprint density at radius 2 is 2.11 bits per heavy atom. The lowest BCUT2D eigenvalue weighted by Gasteiger charge is -2.03. The second kappa shape index (κ2) is 4.92. The summed E-state index contributed by atoms with van der Waals surface area (Å²) in [6.45, 7) is 0.471. The van der Waals surface area contributed by atoms with Gasteiger partial charge in [0.25, 0.3) is 0 Å². The first-order valence-corrected chi connectivity index (χ1v) is 6.64. The van der Waals surface area contributed by atoms with Crippen LogP contribution in [0.2, 0.25) is 5.15 Å². The molecule has 0 fully saturated rings. The van der Waals surface area contributed by atoms with Crippen molar-refractivity contribution in [3.63, 3.8) is 0 Å². The van der Waals surface area contributed by atoms with Gasteiger partial charge in [0.05, 0.1) is 12.4 Å². The molecule has 0 spiro atoms. The Bertz CT molecular complexity index is 683. The van der Waals surface area contributed by atoms with Crippen LogP contribution < -0.4 is 4.74 Å². The molecule has 0 aliphatic heterocycles. The van der Waals surface area contributed by atoms with E-state index in [1.165, 1.54) is 16.3 Å². The van der Waals surface area contributed by atoms with E-state index in [0.717, 1.165) is 5.56 Å². The number of nitrogens with zero attached hydrogens (tertiary/aromatic N) is 2. The molecule has 1 aromatic carbocycles. The Morgan fingerprint density at radius 3 is 3.00 bits per heavy atom. The van der Waals surface area contributed by atoms with Gasteiger partial charge in [-0.2, -0.15) is 4.98 Å². The maximum Gasteiger partial charge on any atom is 0.234 e. The van der Waals surface area contributed by atoms with Crippen LogP contribution in [-0.4, -0.2) is 9.97 Å². The van der Waals surface area contributed by atoms with E-state index in [0.29, 0.717) is 17.6 Å². The molecule has 5 heteroatoms. The summed E-state index contributed by atoms with van der Waals surface area (Å²) in [5.74, 6) is 0.442. The molecule has 0 radical (unpaired) electrons. The van der Waals surface area contributed by atoms with Crippen molar-refractivity contribution < 1.29 is 4.74 Å². The smallest absolute Gasteiger partial charge is 0.234 e. The summed E-state index contributed by atoms with van der Waals surface area (Å²) in [6.07, 6.45) is 3.04. The Hall–Kier alpha value is -1.65. The average Bonchev–Trinajstić information content (AvgIpc) is 2.80. The molecule has 18 heavy (non-hydrogen) atoms. The summed E-state index contributed by atoms with van der Waals surface area (Å²) in [5.41, 5.74) is 1.15. The van der Waals surface area contributed by atoms with Gasteiger partial charge in [-0.3, -0.25) is 4.98 Å². The zero-order chi connectivity index (χ0) is 12.4. The maximum atomic E-state index is 5.75. The van der Waals surface area contributed by atoms with E-state index in [4.69, 9.17) is 16.3 Å². The van der Waals surface area contributed by atoms with Crippen molar-refractivity contribution in [3.05, 3.63) is 52.8 Å². The van der Waals surface area contributed by atoms with Crippen molar-refractivity contribution in [3.8, 4) is 5.88 Å². The Balaban J connectivity index is 1.81. The number of fused-ring (bicyclic) bond motifs is 1. The normalized spacial score (nSPS) is 10.7. The summed E-state index contributed by atoms with van der Waals surface area (Å²) in [7, 11) is 0. The Kier molecular flexibility index (Phi) is 3.13. The molecular formula is C13H9ClN2OS. The van der Waals surface area contributed by atoms with Crippen LogP contribution in [0.15, 0.2) is 42.0 Å². The van der Waals surface area contributed by atoms with Gasteiger partial charge in [-0.1, -0.05) is 29.8 Å². The standard InChI is InChI=1S/C13H9ClN2OS/c14-12-5-15-6-13(16-12)17-7-9-8-18-11-4-2-1-3-10(9)11/h1-6,8H,7H2. The predicted octanol–water partition coefficient (Wildman–Crippen LogP) is 3.92. The molecule has 3 aromatic rings. The third kappa shape index (κ3) is 2.30. The van der Waals surface area contributed by atoms with Gasteiger partial charge in [0, 0.05) is 10.3 Å². The molecule has 0 atom stereocenters. The van der Waals surface area contributed by atoms with E-state index in [1.807, 2.05) is 12.1 Å². The summed E-state index contributed by atoms with van der Waals surface area (Å²) >= 11 is 7.46. The Morgan fingerprint density at radius 1 is 1.22 bits per heavy atom. The number of hydrogen-bond acceptors (Lipinski definition) is 4. The number of benzene rings is 1. The van der Waals surface area contributed by atoms with E-state index in [9.17, 15) is 0 Å². The van der Waals surface area contributed by atoms with Crippen molar-refractivity contribution in [2.45, 2.75) is 6.61 Å². The van der Waals surface area contributed by atoms with Gasteiger partial charge in [0.15, 0.2) is 5.15 Å². The molecular weight excluding hydrogens is 268 g/mol. The van der Waals surface area contributed by atoms with E-state index in [1.54, 1.807) is 17.5 Å². The van der Waals surface area contributed by atoms with E-state index in [2.05, 4.69) is 27.5 Å². The monoisotopic (exact) mass is 276 g/mol. The Labute approximate surface area is 113 Å². The van der Waals surface area contributed by atoms with Crippen molar-refractivity contribution >= 4 is 33.0 Å². The van der Waals surface area contributed by atoms with Gasteiger partial charge in [0.1, 0.15) is 6.61 Å². The van der Waals surface area contributed by atoms with Crippen LogP contribution in [-0.2, 0) is 6.61 Å². The van der Waals surface area contributed by atoms with Crippen LogP contribution in [0, 0.1) is 0 Å². The second-order valence-corrected chi connectivity index (χ2v) is 5.02. The van der Waals surface area contributed by atoms with Crippen molar-refractivity contribution in [1.82, 2.24) is 9.97 Å². The lowest BCUT2D eigenvalue weighted by atomic mass is 10.2. The molecule has 0 saturated heterocycles. The number of thiophene rings is 1. The summed E-state index contributed by atoms with van der Waals surface area (Å²) < 4.78 is 6.85. The van der Waals surface area contributed by atoms with Crippen LogP contribution in [0.5, 0.6) is 5.88 Å². The first-order valence-electron chi connectivity index (χ1n) is 5.38. The highest BCUT2D eigenvalue weighted by Crippen LogP contribution is 2.26. The minimum absolute atomic E-state index is 0.336. The van der Waals surface area contributed by atoms with Gasteiger partial charge in [-0.25, -0.2) is 0 Å². The third-order valence-electron chi connectivity index (χ3n) is 2.52. The van der Waals surface area contributed by atoms with Gasteiger partial charge in [-0.05, 0) is 16.8 Å². The molecule has 2 heterocycles. The average molecular weight is 277 g/mol. The lowest BCUT2D eigenvalue weighted by molar-refractivity contribution is 0.294. The van der Waals surface area contributed by atoms with Crippen LogP contribution in [0.25, 0.3) is 10.1 Å². The summed E-state index contributed by atoms with van der Waals surface area (Å²) in [6, 6.07) is 8.25. The van der Waals surface area contributed by atoms with Crippen molar-refractivity contribution in [1.29, 1.82) is 0 Å². The largest absolute Gasteiger partial charge is 0.472 e. The summed E-state index contributed by atoms with van der Waals surface area (Å²) in [5, 5.41) is 3.66. The molecule has 3 nitrogen and oxygen atoms in total.